The molecule has 0 saturated heterocycles. The van der Waals surface area contributed by atoms with Crippen molar-refractivity contribution >= 4 is 32.8 Å². The van der Waals surface area contributed by atoms with Crippen molar-refractivity contribution in [3.63, 3.8) is 0 Å². The molecule has 22 heavy (non-hydrogen) atoms. The van der Waals surface area contributed by atoms with Crippen LogP contribution >= 0.6 is 11.6 Å². The Morgan fingerprint density at radius 1 is 1.00 bits per heavy atom. The van der Waals surface area contributed by atoms with Gasteiger partial charge in [-0.3, -0.25) is 4.98 Å². The van der Waals surface area contributed by atoms with Crippen LogP contribution in [0.1, 0.15) is 17.7 Å². The van der Waals surface area contributed by atoms with Gasteiger partial charge in [0.2, 0.25) is 10.0 Å². The van der Waals surface area contributed by atoms with Gasteiger partial charge in [-0.05, 0) is 41.8 Å². The van der Waals surface area contributed by atoms with Crippen molar-refractivity contribution in [2.45, 2.75) is 11.3 Å². The molecule has 0 aliphatic heterocycles. The minimum Gasteiger partial charge on any atom is -0.255 e. The molecule has 0 unspecified atom stereocenters. The Morgan fingerprint density at radius 2 is 1.68 bits per heavy atom. The Hall–Kier alpha value is -1.95. The first-order valence-electron chi connectivity index (χ1n) is 6.61. The number of halogens is 1. The molecular formula is C16H13ClN2O2S. The first kappa shape index (κ1) is 15.0. The van der Waals surface area contributed by atoms with Gasteiger partial charge in [0.25, 0.3) is 0 Å². The molecule has 0 saturated carbocycles. The molecule has 2 N–H and O–H groups in total. The van der Waals surface area contributed by atoms with Gasteiger partial charge in [0.05, 0.1) is 5.69 Å². The number of benzene rings is 1. The number of sulfonamides is 1. The lowest BCUT2D eigenvalue weighted by molar-refractivity contribution is 0.597. The van der Waals surface area contributed by atoms with Crippen LogP contribution in [0, 0.1) is 0 Å². The maximum absolute atomic E-state index is 11.3. The quantitative estimate of drug-likeness (QED) is 0.937. The Bertz CT molecular complexity index is 867. The van der Waals surface area contributed by atoms with Crippen molar-refractivity contribution in [3.05, 3.63) is 71.0 Å². The van der Waals surface area contributed by atoms with Crippen molar-refractivity contribution in [2.75, 3.05) is 0 Å². The molecule has 6 heteroatoms. The average Bonchev–Trinajstić information content (AvgIpc) is 2.97. The molecule has 0 radical (unpaired) electrons. The van der Waals surface area contributed by atoms with Gasteiger partial charge in [-0.2, -0.15) is 0 Å². The second-order valence-electron chi connectivity index (χ2n) is 4.90. The number of pyridine rings is 1. The smallest absolute Gasteiger partial charge is 0.239 e. The molecule has 0 bridgehead atoms. The highest BCUT2D eigenvalue weighted by Crippen LogP contribution is 2.35. The molecular weight excluding hydrogens is 320 g/mol. The minimum absolute atomic E-state index is 0.00636. The number of hydrogen-bond donors (Lipinski definition) is 1. The molecule has 0 atom stereocenters. The van der Waals surface area contributed by atoms with Gasteiger partial charge < -0.3 is 0 Å². The van der Waals surface area contributed by atoms with Gasteiger partial charge >= 0.3 is 0 Å². The van der Waals surface area contributed by atoms with Crippen LogP contribution in [0.15, 0.2) is 59.6 Å². The van der Waals surface area contributed by atoms with Gasteiger partial charge in [-0.25, -0.2) is 13.6 Å². The molecule has 1 aromatic carbocycles. The van der Waals surface area contributed by atoms with Crippen molar-refractivity contribution in [1.29, 1.82) is 0 Å². The number of rotatable bonds is 3. The summed E-state index contributed by atoms with van der Waals surface area (Å²) in [5.41, 5.74) is 3.80. The third kappa shape index (κ3) is 2.97. The second kappa shape index (κ2) is 5.68. The number of hydrogen-bond acceptors (Lipinski definition) is 3. The second-order valence-corrected chi connectivity index (χ2v) is 6.90. The van der Waals surface area contributed by atoms with Gasteiger partial charge in [-0.15, -0.1) is 0 Å². The number of primary sulfonamides is 1. The van der Waals surface area contributed by atoms with E-state index in [9.17, 15) is 8.42 Å². The largest absolute Gasteiger partial charge is 0.255 e. The Balaban J connectivity index is 1.95. The highest BCUT2D eigenvalue weighted by molar-refractivity contribution is 7.89. The molecule has 1 aromatic heterocycles. The number of nitrogens with two attached hydrogens (primary N) is 1. The van der Waals surface area contributed by atoms with Crippen LogP contribution in [0.25, 0.3) is 11.1 Å². The fraction of sp³-hybridized carbons (Fsp3) is 0.0625. The molecule has 1 aliphatic carbocycles. The topological polar surface area (TPSA) is 73.1 Å². The highest BCUT2D eigenvalue weighted by atomic mass is 35.5. The summed E-state index contributed by atoms with van der Waals surface area (Å²) >= 11 is 5.92. The van der Waals surface area contributed by atoms with E-state index >= 15 is 0 Å². The third-order valence-electron chi connectivity index (χ3n) is 3.43. The first-order valence-corrected chi connectivity index (χ1v) is 8.53. The van der Waals surface area contributed by atoms with Gasteiger partial charge in [0, 0.05) is 16.8 Å². The van der Waals surface area contributed by atoms with E-state index in [0.29, 0.717) is 10.7 Å². The summed E-state index contributed by atoms with van der Waals surface area (Å²) in [7, 11) is -3.72. The normalized spacial score (nSPS) is 14.6. The van der Waals surface area contributed by atoms with E-state index < -0.39 is 10.0 Å². The summed E-state index contributed by atoms with van der Waals surface area (Å²) in [6.45, 7) is 0. The summed E-state index contributed by atoms with van der Waals surface area (Å²) in [5, 5.41) is 5.77. The van der Waals surface area contributed by atoms with Crippen LogP contribution in [0.2, 0.25) is 5.02 Å². The zero-order valence-corrected chi connectivity index (χ0v) is 13.1. The number of allylic oxidation sites excluding steroid dienone is 4. The standard InChI is InChI=1S/C16H13ClN2O2S/c17-12-6-4-11(5-7-12)14-2-1-3-15(14)16-9-8-13(10-19-16)22(18,20)21/h2-10H,1H2,(H2,18,20,21). The average molecular weight is 333 g/mol. The lowest BCUT2D eigenvalue weighted by Crippen LogP contribution is -2.12. The highest BCUT2D eigenvalue weighted by Gasteiger charge is 2.16. The summed E-state index contributed by atoms with van der Waals surface area (Å²) in [6, 6.07) is 10.7. The van der Waals surface area contributed by atoms with E-state index in [1.54, 1.807) is 6.07 Å². The van der Waals surface area contributed by atoms with E-state index in [1.807, 2.05) is 24.3 Å². The summed E-state index contributed by atoms with van der Waals surface area (Å²) in [6.07, 6.45) is 6.26. The zero-order valence-electron chi connectivity index (χ0n) is 11.5. The maximum Gasteiger partial charge on any atom is 0.239 e. The van der Waals surface area contributed by atoms with Crippen LogP contribution in [-0.4, -0.2) is 13.4 Å². The maximum atomic E-state index is 11.3. The molecule has 3 rings (SSSR count). The molecule has 1 aliphatic rings. The van der Waals surface area contributed by atoms with Crippen molar-refractivity contribution in [3.8, 4) is 0 Å². The Morgan fingerprint density at radius 3 is 2.27 bits per heavy atom. The number of nitrogens with zero attached hydrogens (tertiary/aromatic N) is 1. The van der Waals surface area contributed by atoms with E-state index in [4.69, 9.17) is 16.7 Å². The molecule has 0 fully saturated rings. The molecule has 4 nitrogen and oxygen atoms in total. The summed E-state index contributed by atoms with van der Waals surface area (Å²) < 4.78 is 22.6. The van der Waals surface area contributed by atoms with Crippen LogP contribution in [-0.2, 0) is 10.0 Å². The van der Waals surface area contributed by atoms with E-state index in [0.717, 1.165) is 23.1 Å². The van der Waals surface area contributed by atoms with Crippen molar-refractivity contribution < 1.29 is 8.42 Å². The van der Waals surface area contributed by atoms with E-state index in [1.165, 1.54) is 12.3 Å². The Labute approximate surface area is 134 Å². The monoisotopic (exact) mass is 332 g/mol. The van der Waals surface area contributed by atoms with Crippen molar-refractivity contribution in [2.24, 2.45) is 5.14 Å². The lowest BCUT2D eigenvalue weighted by Gasteiger charge is -2.09. The lowest BCUT2D eigenvalue weighted by atomic mass is 9.98. The molecule has 0 amide bonds. The van der Waals surface area contributed by atoms with Gasteiger partial charge in [-0.1, -0.05) is 35.9 Å². The predicted octanol–water partition coefficient (Wildman–Crippen LogP) is 3.25. The molecule has 1 heterocycles. The minimum atomic E-state index is -3.72. The molecule has 2 aromatic rings. The van der Waals surface area contributed by atoms with Crippen molar-refractivity contribution in [1.82, 2.24) is 4.98 Å². The third-order valence-corrected chi connectivity index (χ3v) is 4.58. The SMILES string of the molecule is NS(=O)(=O)c1ccc(C2=CCC=C2c2ccc(Cl)cc2)nc1. The van der Waals surface area contributed by atoms with Crippen LogP contribution < -0.4 is 5.14 Å². The van der Waals surface area contributed by atoms with Gasteiger partial charge in [0.1, 0.15) is 4.90 Å². The number of aromatic nitrogens is 1. The van der Waals surface area contributed by atoms with E-state index in [2.05, 4.69) is 17.1 Å². The van der Waals surface area contributed by atoms with Gasteiger partial charge in [0.15, 0.2) is 0 Å². The summed E-state index contributed by atoms with van der Waals surface area (Å²) in [5.74, 6) is 0. The fourth-order valence-electron chi connectivity index (χ4n) is 2.37. The van der Waals surface area contributed by atoms with Crippen LogP contribution in [0.5, 0.6) is 0 Å². The van der Waals surface area contributed by atoms with Crippen LogP contribution in [0.4, 0.5) is 0 Å². The fourth-order valence-corrected chi connectivity index (χ4v) is 2.95. The zero-order chi connectivity index (χ0) is 15.7. The predicted molar refractivity (Wildman–Crippen MR) is 87.6 cm³/mol. The van der Waals surface area contributed by atoms with Crippen LogP contribution in [0.3, 0.4) is 0 Å². The first-order chi connectivity index (χ1) is 10.4. The Kier molecular flexibility index (Phi) is 3.87. The molecule has 112 valence electrons. The molecule has 0 spiro atoms. The summed E-state index contributed by atoms with van der Waals surface area (Å²) in [4.78, 5) is 4.23. The van der Waals surface area contributed by atoms with E-state index in [-0.39, 0.29) is 4.90 Å².